The topological polar surface area (TPSA) is 70.7 Å². The van der Waals surface area contributed by atoms with Gasteiger partial charge in [0.15, 0.2) is 0 Å². The van der Waals surface area contributed by atoms with E-state index < -0.39 is 12.3 Å². The lowest BCUT2D eigenvalue weighted by Gasteiger charge is -2.09. The van der Waals surface area contributed by atoms with E-state index in [9.17, 15) is 13.6 Å². The Morgan fingerprint density at radius 3 is 2.79 bits per heavy atom. The van der Waals surface area contributed by atoms with Crippen LogP contribution in [0.3, 0.4) is 0 Å². The van der Waals surface area contributed by atoms with Gasteiger partial charge in [-0.3, -0.25) is 9.89 Å². The van der Waals surface area contributed by atoms with Crippen molar-refractivity contribution in [3.05, 3.63) is 33.5 Å². The zero-order valence-electron chi connectivity index (χ0n) is 10.3. The standard InChI is InChI=1S/C11H12F2N4OS/c1-5(9-4-19-6(2)15-9)14-11(18)8-3-7(10(12)13)16-17-8/h3-5,10H,1-2H3,(H,14,18)(H,16,17). The van der Waals surface area contributed by atoms with E-state index in [1.165, 1.54) is 11.3 Å². The van der Waals surface area contributed by atoms with Crippen molar-refractivity contribution < 1.29 is 13.6 Å². The van der Waals surface area contributed by atoms with Crippen molar-refractivity contribution in [2.75, 3.05) is 0 Å². The van der Waals surface area contributed by atoms with Gasteiger partial charge in [0.05, 0.1) is 16.7 Å². The number of aryl methyl sites for hydroxylation is 1. The largest absolute Gasteiger partial charge is 0.343 e. The smallest absolute Gasteiger partial charge is 0.279 e. The van der Waals surface area contributed by atoms with Gasteiger partial charge in [0.1, 0.15) is 11.4 Å². The van der Waals surface area contributed by atoms with Gasteiger partial charge in [-0.05, 0) is 19.9 Å². The maximum atomic E-state index is 12.4. The van der Waals surface area contributed by atoms with E-state index in [-0.39, 0.29) is 17.4 Å². The Morgan fingerprint density at radius 2 is 2.26 bits per heavy atom. The summed E-state index contributed by atoms with van der Waals surface area (Å²) in [5, 5.41) is 11.1. The predicted molar refractivity (Wildman–Crippen MR) is 66.3 cm³/mol. The summed E-state index contributed by atoms with van der Waals surface area (Å²) < 4.78 is 24.7. The van der Waals surface area contributed by atoms with Crippen molar-refractivity contribution >= 4 is 17.2 Å². The second-order valence-corrected chi connectivity index (χ2v) is 5.06. The molecule has 102 valence electrons. The van der Waals surface area contributed by atoms with Crippen molar-refractivity contribution in [3.8, 4) is 0 Å². The van der Waals surface area contributed by atoms with Gasteiger partial charge in [-0.1, -0.05) is 0 Å². The van der Waals surface area contributed by atoms with Crippen LogP contribution in [0.25, 0.3) is 0 Å². The number of alkyl halides is 2. The molecule has 0 aliphatic rings. The number of rotatable bonds is 4. The van der Waals surface area contributed by atoms with E-state index in [1.807, 2.05) is 12.3 Å². The average molecular weight is 286 g/mol. The van der Waals surface area contributed by atoms with Crippen LogP contribution in [0.15, 0.2) is 11.4 Å². The van der Waals surface area contributed by atoms with Crippen molar-refractivity contribution in [1.29, 1.82) is 0 Å². The van der Waals surface area contributed by atoms with Crippen LogP contribution in [-0.2, 0) is 0 Å². The first-order valence-corrected chi connectivity index (χ1v) is 6.41. The van der Waals surface area contributed by atoms with Crippen molar-refractivity contribution in [3.63, 3.8) is 0 Å². The van der Waals surface area contributed by atoms with E-state index in [1.54, 1.807) is 6.92 Å². The van der Waals surface area contributed by atoms with Gasteiger partial charge in [0, 0.05) is 5.38 Å². The summed E-state index contributed by atoms with van der Waals surface area (Å²) in [6.07, 6.45) is -2.67. The fourth-order valence-electron chi connectivity index (χ4n) is 1.49. The summed E-state index contributed by atoms with van der Waals surface area (Å²) in [6, 6.07) is 0.739. The number of hydrogen-bond donors (Lipinski definition) is 2. The summed E-state index contributed by atoms with van der Waals surface area (Å²) in [5.74, 6) is -0.513. The fourth-order valence-corrected chi connectivity index (χ4v) is 2.19. The Labute approximate surface area is 112 Å². The Hall–Kier alpha value is -1.83. The van der Waals surface area contributed by atoms with E-state index in [4.69, 9.17) is 0 Å². The number of thiazole rings is 1. The molecule has 2 heterocycles. The first-order valence-electron chi connectivity index (χ1n) is 5.53. The molecule has 1 atom stereocenters. The molecule has 0 saturated heterocycles. The molecule has 2 aromatic heterocycles. The Balaban J connectivity index is 2.04. The lowest BCUT2D eigenvalue weighted by atomic mass is 10.2. The maximum Gasteiger partial charge on any atom is 0.279 e. The molecule has 0 bridgehead atoms. The normalized spacial score (nSPS) is 12.7. The van der Waals surface area contributed by atoms with Crippen molar-refractivity contribution in [1.82, 2.24) is 20.5 Å². The first-order chi connectivity index (χ1) is 8.97. The molecule has 19 heavy (non-hydrogen) atoms. The molecule has 0 aliphatic carbocycles. The van der Waals surface area contributed by atoms with E-state index in [2.05, 4.69) is 20.5 Å². The third kappa shape index (κ3) is 3.14. The predicted octanol–water partition coefficient (Wildman–Crippen LogP) is 2.60. The minimum Gasteiger partial charge on any atom is -0.343 e. The van der Waals surface area contributed by atoms with Crippen LogP contribution in [0.4, 0.5) is 8.78 Å². The Kier molecular flexibility index (Phi) is 3.89. The first kappa shape index (κ1) is 13.6. The van der Waals surface area contributed by atoms with Crippen LogP contribution in [0.1, 0.15) is 46.3 Å². The van der Waals surface area contributed by atoms with Gasteiger partial charge in [0.25, 0.3) is 12.3 Å². The maximum absolute atomic E-state index is 12.4. The van der Waals surface area contributed by atoms with Crippen LogP contribution in [-0.4, -0.2) is 21.1 Å². The summed E-state index contributed by atoms with van der Waals surface area (Å²) >= 11 is 1.48. The minimum atomic E-state index is -2.67. The number of aromatic amines is 1. The second-order valence-electron chi connectivity index (χ2n) is 4.00. The molecular formula is C11H12F2N4OS. The highest BCUT2D eigenvalue weighted by molar-refractivity contribution is 7.09. The number of halogens is 2. The molecule has 0 radical (unpaired) electrons. The number of amides is 1. The molecule has 2 aromatic rings. The SMILES string of the molecule is Cc1nc(C(C)NC(=O)c2cc(C(F)F)[nH]n2)cs1. The molecule has 0 spiro atoms. The summed E-state index contributed by atoms with van der Waals surface area (Å²) in [5.41, 5.74) is 0.303. The van der Waals surface area contributed by atoms with Crippen LogP contribution in [0, 0.1) is 6.92 Å². The van der Waals surface area contributed by atoms with E-state index in [0.29, 0.717) is 0 Å². The highest BCUT2D eigenvalue weighted by Gasteiger charge is 2.18. The fraction of sp³-hybridized carbons (Fsp3) is 0.364. The van der Waals surface area contributed by atoms with Gasteiger partial charge >= 0.3 is 0 Å². The number of carbonyl (C=O) groups excluding carboxylic acids is 1. The monoisotopic (exact) mass is 286 g/mol. The number of hydrogen-bond acceptors (Lipinski definition) is 4. The average Bonchev–Trinajstić information content (AvgIpc) is 2.96. The number of H-pyrrole nitrogens is 1. The quantitative estimate of drug-likeness (QED) is 0.907. The molecule has 2 rings (SSSR count). The number of aromatic nitrogens is 3. The third-order valence-electron chi connectivity index (χ3n) is 2.49. The van der Waals surface area contributed by atoms with Crippen LogP contribution in [0.2, 0.25) is 0 Å². The van der Waals surface area contributed by atoms with Crippen LogP contribution < -0.4 is 5.32 Å². The molecule has 0 aliphatic heterocycles. The van der Waals surface area contributed by atoms with Gasteiger partial charge in [0.2, 0.25) is 0 Å². The molecule has 0 aromatic carbocycles. The van der Waals surface area contributed by atoms with Gasteiger partial charge in [-0.2, -0.15) is 5.10 Å². The zero-order valence-corrected chi connectivity index (χ0v) is 11.1. The van der Waals surface area contributed by atoms with Gasteiger partial charge < -0.3 is 5.32 Å². The van der Waals surface area contributed by atoms with Crippen molar-refractivity contribution in [2.45, 2.75) is 26.3 Å². The lowest BCUT2D eigenvalue weighted by molar-refractivity contribution is 0.0934. The highest BCUT2D eigenvalue weighted by Crippen LogP contribution is 2.18. The number of nitrogens with one attached hydrogen (secondary N) is 2. The molecule has 1 unspecified atom stereocenters. The summed E-state index contributed by atoms with van der Waals surface area (Å²) in [6.45, 7) is 3.64. The molecule has 0 fully saturated rings. The Morgan fingerprint density at radius 1 is 1.53 bits per heavy atom. The molecule has 0 saturated carbocycles. The number of carbonyl (C=O) groups is 1. The van der Waals surface area contributed by atoms with E-state index in [0.717, 1.165) is 16.8 Å². The van der Waals surface area contributed by atoms with Crippen LogP contribution in [0.5, 0.6) is 0 Å². The Bertz CT molecular complexity index is 581. The molecular weight excluding hydrogens is 274 g/mol. The molecule has 1 amide bonds. The van der Waals surface area contributed by atoms with Crippen molar-refractivity contribution in [2.24, 2.45) is 0 Å². The highest BCUT2D eigenvalue weighted by atomic mass is 32.1. The van der Waals surface area contributed by atoms with Gasteiger partial charge in [-0.15, -0.1) is 11.3 Å². The molecule has 5 nitrogen and oxygen atoms in total. The van der Waals surface area contributed by atoms with Gasteiger partial charge in [-0.25, -0.2) is 13.8 Å². The van der Waals surface area contributed by atoms with E-state index >= 15 is 0 Å². The molecule has 2 N–H and O–H groups in total. The van der Waals surface area contributed by atoms with Crippen LogP contribution >= 0.6 is 11.3 Å². The lowest BCUT2D eigenvalue weighted by Crippen LogP contribution is -2.27. The minimum absolute atomic E-state index is 0.0610. The zero-order chi connectivity index (χ0) is 14.0. The second kappa shape index (κ2) is 5.43. The summed E-state index contributed by atoms with van der Waals surface area (Å²) in [7, 11) is 0. The summed E-state index contributed by atoms with van der Waals surface area (Å²) in [4.78, 5) is 16.1. The number of nitrogens with zero attached hydrogens (tertiary/aromatic N) is 2. The molecule has 8 heteroatoms. The third-order valence-corrected chi connectivity index (χ3v) is 3.29.